The third-order valence-electron chi connectivity index (χ3n) is 6.25. The molecule has 3 heterocycles. The van der Waals surface area contributed by atoms with Crippen molar-refractivity contribution in [2.24, 2.45) is 0 Å². The van der Waals surface area contributed by atoms with Crippen LogP contribution in [0.5, 0.6) is 5.75 Å². The van der Waals surface area contributed by atoms with E-state index >= 15 is 0 Å². The van der Waals surface area contributed by atoms with Crippen molar-refractivity contribution in [2.75, 3.05) is 26.2 Å². The lowest BCUT2D eigenvalue weighted by Crippen LogP contribution is -2.50. The van der Waals surface area contributed by atoms with Gasteiger partial charge in [-0.2, -0.15) is 4.31 Å². The molecule has 8 nitrogen and oxygen atoms in total. The minimum absolute atomic E-state index is 0.00648. The molecule has 1 fully saturated rings. The summed E-state index contributed by atoms with van der Waals surface area (Å²) >= 11 is 0. The summed E-state index contributed by atoms with van der Waals surface area (Å²) in [6.07, 6.45) is 7.11. The van der Waals surface area contributed by atoms with Gasteiger partial charge in [0.05, 0.1) is 5.56 Å². The lowest BCUT2D eigenvalue weighted by atomic mass is 9.89. The number of hydrogen-bond acceptors (Lipinski definition) is 5. The van der Waals surface area contributed by atoms with E-state index in [0.29, 0.717) is 16.6 Å². The van der Waals surface area contributed by atoms with E-state index in [4.69, 9.17) is 0 Å². The maximum atomic E-state index is 13.2. The number of carbonyl (C=O) groups is 1. The topological polar surface area (TPSA) is 107 Å². The largest absolute Gasteiger partial charge is 0.507 e. The summed E-state index contributed by atoms with van der Waals surface area (Å²) in [4.78, 5) is 21.9. The first kappa shape index (κ1) is 20.0. The predicted octanol–water partition coefficient (Wildman–Crippen LogP) is 2.29. The number of phenolic OH excluding ortho intramolecular Hbond substituents is 1. The number of amides is 1. The molecule has 0 atom stereocenters. The molecule has 0 bridgehead atoms. The number of pyridine rings is 1. The van der Waals surface area contributed by atoms with Gasteiger partial charge in [0.15, 0.2) is 0 Å². The summed E-state index contributed by atoms with van der Waals surface area (Å²) in [5, 5.41) is 11.0. The second kappa shape index (κ2) is 7.65. The number of nitrogens with zero attached hydrogens (tertiary/aromatic N) is 3. The lowest BCUT2D eigenvalue weighted by Gasteiger charge is -2.34. The van der Waals surface area contributed by atoms with Crippen LogP contribution in [0.3, 0.4) is 0 Å². The average Bonchev–Trinajstić information content (AvgIpc) is 3.23. The number of piperazine rings is 1. The Morgan fingerprint density at radius 2 is 1.77 bits per heavy atom. The number of fused-ring (bicyclic) bond motifs is 2. The number of aromatic nitrogens is 2. The molecule has 2 aromatic heterocycles. The number of aromatic amines is 1. The molecule has 162 valence electrons. The van der Waals surface area contributed by atoms with Crippen molar-refractivity contribution in [3.8, 4) is 5.75 Å². The number of carbonyl (C=O) groups excluding carboxylic acids is 1. The standard InChI is InChI=1S/C22H24N4O4S/c27-19-13-16-5-2-1-4-15(16)12-18(19)22(28)25-8-10-26(11-9-25)31(29,30)20-14-24-21-17(20)6-3-7-23-21/h3,6-7,12-14,27H,1-2,4-5,8-11H2,(H,23,24). The Morgan fingerprint density at radius 3 is 2.52 bits per heavy atom. The molecule has 0 radical (unpaired) electrons. The molecule has 2 aliphatic rings. The number of sulfonamides is 1. The zero-order chi connectivity index (χ0) is 21.6. The van der Waals surface area contributed by atoms with Crippen LogP contribution in [-0.2, 0) is 22.9 Å². The molecule has 3 aromatic rings. The summed E-state index contributed by atoms with van der Waals surface area (Å²) in [5.41, 5.74) is 3.07. The van der Waals surface area contributed by atoms with Gasteiger partial charge in [0.25, 0.3) is 5.91 Å². The minimum Gasteiger partial charge on any atom is -0.507 e. The van der Waals surface area contributed by atoms with E-state index in [1.165, 1.54) is 10.5 Å². The fourth-order valence-electron chi connectivity index (χ4n) is 4.53. The number of phenols is 1. The van der Waals surface area contributed by atoms with Crippen LogP contribution in [0.15, 0.2) is 41.6 Å². The smallest absolute Gasteiger partial charge is 0.257 e. The average molecular weight is 441 g/mol. The van der Waals surface area contributed by atoms with Gasteiger partial charge in [-0.25, -0.2) is 13.4 Å². The Balaban J connectivity index is 1.33. The first-order valence-corrected chi connectivity index (χ1v) is 12.0. The first-order valence-electron chi connectivity index (χ1n) is 10.5. The summed E-state index contributed by atoms with van der Waals surface area (Å²) < 4.78 is 27.7. The molecule has 1 aromatic carbocycles. The van der Waals surface area contributed by atoms with Crippen LogP contribution < -0.4 is 0 Å². The number of hydrogen-bond donors (Lipinski definition) is 2. The fraction of sp³-hybridized carbons (Fsp3) is 0.364. The molecular weight excluding hydrogens is 416 g/mol. The van der Waals surface area contributed by atoms with Crippen LogP contribution in [0, 0.1) is 0 Å². The maximum absolute atomic E-state index is 13.2. The number of nitrogens with one attached hydrogen (secondary N) is 1. The first-order chi connectivity index (χ1) is 14.9. The van der Waals surface area contributed by atoms with Crippen LogP contribution in [0.4, 0.5) is 0 Å². The van der Waals surface area contributed by atoms with Crippen LogP contribution in [-0.4, -0.2) is 64.8 Å². The van der Waals surface area contributed by atoms with Crippen molar-refractivity contribution in [3.05, 3.63) is 53.3 Å². The van der Waals surface area contributed by atoms with Crippen molar-refractivity contribution >= 4 is 27.0 Å². The highest BCUT2D eigenvalue weighted by molar-refractivity contribution is 7.89. The van der Waals surface area contributed by atoms with Crippen molar-refractivity contribution in [3.63, 3.8) is 0 Å². The highest BCUT2D eigenvalue weighted by Crippen LogP contribution is 2.30. The summed E-state index contributed by atoms with van der Waals surface area (Å²) in [5.74, 6) is -0.244. The third kappa shape index (κ3) is 3.47. The number of benzene rings is 1. The zero-order valence-corrected chi connectivity index (χ0v) is 17.9. The van der Waals surface area contributed by atoms with E-state index < -0.39 is 10.0 Å². The summed E-state index contributed by atoms with van der Waals surface area (Å²) in [6, 6.07) is 6.96. The fourth-order valence-corrected chi connectivity index (χ4v) is 6.10. The molecule has 1 aliphatic carbocycles. The van der Waals surface area contributed by atoms with E-state index in [2.05, 4.69) is 9.97 Å². The highest BCUT2D eigenvalue weighted by Gasteiger charge is 2.33. The molecule has 1 aliphatic heterocycles. The monoisotopic (exact) mass is 440 g/mol. The van der Waals surface area contributed by atoms with Crippen molar-refractivity contribution in [2.45, 2.75) is 30.6 Å². The molecule has 0 unspecified atom stereocenters. The van der Waals surface area contributed by atoms with Gasteiger partial charge in [-0.3, -0.25) is 4.79 Å². The minimum atomic E-state index is -3.70. The second-order valence-corrected chi connectivity index (χ2v) is 10.0. The summed E-state index contributed by atoms with van der Waals surface area (Å²) in [6.45, 7) is 0.948. The molecule has 31 heavy (non-hydrogen) atoms. The molecule has 1 amide bonds. The van der Waals surface area contributed by atoms with Gasteiger partial charge >= 0.3 is 0 Å². The molecule has 2 N–H and O–H groups in total. The van der Waals surface area contributed by atoms with E-state index in [1.54, 1.807) is 29.3 Å². The van der Waals surface area contributed by atoms with Gasteiger partial charge < -0.3 is 15.0 Å². The Labute approximate surface area is 180 Å². The van der Waals surface area contributed by atoms with Crippen molar-refractivity contribution < 1.29 is 18.3 Å². The molecule has 9 heteroatoms. The Hall–Kier alpha value is -2.91. The Kier molecular flexibility index (Phi) is 4.94. The van der Waals surface area contributed by atoms with Crippen molar-refractivity contribution in [1.29, 1.82) is 0 Å². The second-order valence-electron chi connectivity index (χ2n) is 8.09. The van der Waals surface area contributed by atoms with Crippen LogP contribution >= 0.6 is 0 Å². The summed E-state index contributed by atoms with van der Waals surface area (Å²) in [7, 11) is -3.70. The van der Waals surface area contributed by atoms with Gasteiger partial charge in [-0.15, -0.1) is 0 Å². The van der Waals surface area contributed by atoms with E-state index in [9.17, 15) is 18.3 Å². The normalized spacial score (nSPS) is 17.6. The highest BCUT2D eigenvalue weighted by atomic mass is 32.2. The molecule has 1 saturated heterocycles. The van der Waals surface area contributed by atoms with Crippen LogP contribution in [0.2, 0.25) is 0 Å². The number of aryl methyl sites for hydroxylation is 2. The molecule has 5 rings (SSSR count). The predicted molar refractivity (Wildman–Crippen MR) is 116 cm³/mol. The maximum Gasteiger partial charge on any atom is 0.257 e. The Bertz CT molecular complexity index is 1260. The SMILES string of the molecule is O=C(c1cc2c(cc1O)CCCC2)N1CCN(S(=O)(=O)c2c[nH]c3ncccc23)CC1. The van der Waals surface area contributed by atoms with E-state index in [0.717, 1.165) is 36.8 Å². The van der Waals surface area contributed by atoms with Gasteiger partial charge in [0.2, 0.25) is 10.0 Å². The molecular formula is C22H24N4O4S. The Morgan fingerprint density at radius 1 is 1.06 bits per heavy atom. The quantitative estimate of drug-likeness (QED) is 0.650. The zero-order valence-electron chi connectivity index (χ0n) is 17.0. The number of aromatic hydroxyl groups is 1. The van der Waals surface area contributed by atoms with Gasteiger partial charge in [-0.05, 0) is 61.1 Å². The number of H-pyrrole nitrogens is 1. The molecule has 0 spiro atoms. The van der Waals surface area contributed by atoms with Gasteiger partial charge in [-0.1, -0.05) is 0 Å². The third-order valence-corrected chi connectivity index (χ3v) is 8.19. The van der Waals surface area contributed by atoms with E-state index in [1.807, 2.05) is 6.07 Å². The molecule has 0 saturated carbocycles. The van der Waals surface area contributed by atoms with Gasteiger partial charge in [0.1, 0.15) is 16.3 Å². The van der Waals surface area contributed by atoms with Gasteiger partial charge in [0, 0.05) is 44.0 Å². The van der Waals surface area contributed by atoms with Crippen LogP contribution in [0.25, 0.3) is 11.0 Å². The van der Waals surface area contributed by atoms with Crippen LogP contribution in [0.1, 0.15) is 34.3 Å². The van der Waals surface area contributed by atoms with Crippen molar-refractivity contribution in [1.82, 2.24) is 19.2 Å². The van der Waals surface area contributed by atoms with E-state index in [-0.39, 0.29) is 42.7 Å². The number of rotatable bonds is 3. The lowest BCUT2D eigenvalue weighted by molar-refractivity contribution is 0.0694.